The van der Waals surface area contributed by atoms with E-state index in [9.17, 15) is 4.79 Å². The molecule has 0 aromatic rings. The van der Waals surface area contributed by atoms with Crippen LogP contribution in [0.5, 0.6) is 0 Å². The van der Waals surface area contributed by atoms with Crippen LogP contribution in [-0.4, -0.2) is 35.9 Å². The first-order chi connectivity index (χ1) is 14.2. The standard InChI is InChI=1S/C25H49N3O/c1-4-6-8-10-12-13-14-16-18-20-25(29)27-23(3)28-22-21-26-24(28)19-17-15-11-9-7-5-2/h21,23-24H,4-20,22H2,1-3H3,(H,27,29). The van der Waals surface area contributed by atoms with Crippen LogP contribution in [0.2, 0.25) is 0 Å². The van der Waals surface area contributed by atoms with E-state index < -0.39 is 0 Å². The molecular weight excluding hydrogens is 358 g/mol. The molecule has 170 valence electrons. The quantitative estimate of drug-likeness (QED) is 0.238. The summed E-state index contributed by atoms with van der Waals surface area (Å²) in [5.74, 6) is 0.200. The van der Waals surface area contributed by atoms with Gasteiger partial charge in [-0.15, -0.1) is 0 Å². The minimum absolute atomic E-state index is 0.0775. The van der Waals surface area contributed by atoms with Crippen LogP contribution in [0.25, 0.3) is 0 Å². The Bertz CT molecular complexity index is 424. The number of aliphatic imine (C=N–C) groups is 1. The second kappa shape index (κ2) is 17.9. The van der Waals surface area contributed by atoms with Crippen LogP contribution < -0.4 is 5.32 Å². The van der Waals surface area contributed by atoms with Crippen molar-refractivity contribution < 1.29 is 4.79 Å². The molecule has 0 bridgehead atoms. The maximum Gasteiger partial charge on any atom is 0.221 e. The number of hydrogen-bond donors (Lipinski definition) is 1. The van der Waals surface area contributed by atoms with Crippen molar-refractivity contribution in [3.05, 3.63) is 0 Å². The third-order valence-electron chi connectivity index (χ3n) is 6.14. The van der Waals surface area contributed by atoms with Gasteiger partial charge >= 0.3 is 0 Å². The number of hydrogen-bond acceptors (Lipinski definition) is 3. The first-order valence-electron chi connectivity index (χ1n) is 12.8. The van der Waals surface area contributed by atoms with Gasteiger partial charge in [0.05, 0.1) is 6.17 Å². The van der Waals surface area contributed by atoms with Gasteiger partial charge in [0.1, 0.15) is 6.17 Å². The van der Waals surface area contributed by atoms with Crippen LogP contribution in [-0.2, 0) is 4.79 Å². The van der Waals surface area contributed by atoms with E-state index in [2.05, 4.69) is 36.0 Å². The van der Waals surface area contributed by atoms with Crippen LogP contribution in [0, 0.1) is 0 Å². The number of carbonyl (C=O) groups is 1. The third kappa shape index (κ3) is 13.1. The highest BCUT2D eigenvalue weighted by molar-refractivity contribution is 5.76. The molecule has 29 heavy (non-hydrogen) atoms. The highest BCUT2D eigenvalue weighted by Gasteiger charge is 2.26. The Morgan fingerprint density at radius 1 is 0.897 bits per heavy atom. The Morgan fingerprint density at radius 2 is 1.41 bits per heavy atom. The van der Waals surface area contributed by atoms with Crippen molar-refractivity contribution in [3.63, 3.8) is 0 Å². The van der Waals surface area contributed by atoms with Gasteiger partial charge in [0, 0.05) is 19.2 Å². The Kier molecular flexibility index (Phi) is 16.1. The lowest BCUT2D eigenvalue weighted by Crippen LogP contribution is -2.48. The monoisotopic (exact) mass is 407 g/mol. The van der Waals surface area contributed by atoms with E-state index in [0.717, 1.165) is 19.4 Å². The largest absolute Gasteiger partial charge is 0.341 e. The topological polar surface area (TPSA) is 44.7 Å². The molecule has 1 N–H and O–H groups in total. The Hall–Kier alpha value is -0.900. The summed E-state index contributed by atoms with van der Waals surface area (Å²) in [7, 11) is 0. The van der Waals surface area contributed by atoms with Crippen molar-refractivity contribution in [2.24, 2.45) is 4.99 Å². The summed E-state index contributed by atoms with van der Waals surface area (Å²) in [6.07, 6.45) is 23.6. The van der Waals surface area contributed by atoms with Crippen molar-refractivity contribution in [1.29, 1.82) is 0 Å². The van der Waals surface area contributed by atoms with Gasteiger partial charge in [0.15, 0.2) is 0 Å². The van der Waals surface area contributed by atoms with Gasteiger partial charge in [-0.25, -0.2) is 0 Å². The molecule has 1 amide bonds. The van der Waals surface area contributed by atoms with E-state index in [-0.39, 0.29) is 18.2 Å². The summed E-state index contributed by atoms with van der Waals surface area (Å²) >= 11 is 0. The lowest BCUT2D eigenvalue weighted by atomic mass is 10.1. The molecule has 4 heteroatoms. The number of nitrogens with zero attached hydrogens (tertiary/aromatic N) is 2. The van der Waals surface area contributed by atoms with Gasteiger partial charge in [0.2, 0.25) is 5.91 Å². The third-order valence-corrected chi connectivity index (χ3v) is 6.14. The molecule has 2 unspecified atom stereocenters. The summed E-state index contributed by atoms with van der Waals surface area (Å²) in [5.41, 5.74) is 0. The maximum atomic E-state index is 12.3. The predicted octanol–water partition coefficient (Wildman–Crippen LogP) is 6.83. The minimum atomic E-state index is 0.0775. The Morgan fingerprint density at radius 3 is 2.00 bits per heavy atom. The number of carbonyl (C=O) groups excluding carboxylic acids is 1. The molecule has 1 aliphatic heterocycles. The fourth-order valence-corrected chi connectivity index (χ4v) is 4.22. The number of amides is 1. The van der Waals surface area contributed by atoms with Gasteiger partial charge in [0.25, 0.3) is 0 Å². The average molecular weight is 408 g/mol. The van der Waals surface area contributed by atoms with E-state index in [4.69, 9.17) is 0 Å². The first-order valence-corrected chi connectivity index (χ1v) is 12.8. The van der Waals surface area contributed by atoms with Gasteiger partial charge in [-0.1, -0.05) is 97.3 Å². The molecule has 1 rings (SSSR count). The van der Waals surface area contributed by atoms with Crippen molar-refractivity contribution in [2.45, 2.75) is 142 Å². The van der Waals surface area contributed by atoms with Crippen molar-refractivity contribution in [3.8, 4) is 0 Å². The molecule has 0 fully saturated rings. The van der Waals surface area contributed by atoms with E-state index in [1.807, 2.05) is 6.21 Å². The molecule has 1 aliphatic rings. The van der Waals surface area contributed by atoms with E-state index >= 15 is 0 Å². The van der Waals surface area contributed by atoms with Crippen LogP contribution in [0.1, 0.15) is 130 Å². The SMILES string of the molecule is CCCCCCCCCCCC(=O)NC(C)N1CC=NC1CCCCCCCC. The molecule has 0 aromatic heterocycles. The summed E-state index contributed by atoms with van der Waals surface area (Å²) in [4.78, 5) is 19.3. The molecular formula is C25H49N3O. The fraction of sp³-hybridized carbons (Fsp3) is 0.920. The molecule has 0 aliphatic carbocycles. The predicted molar refractivity (Wildman–Crippen MR) is 126 cm³/mol. The van der Waals surface area contributed by atoms with E-state index in [1.165, 1.54) is 89.9 Å². The van der Waals surface area contributed by atoms with E-state index in [0.29, 0.717) is 6.42 Å². The normalized spacial score (nSPS) is 17.7. The van der Waals surface area contributed by atoms with Gasteiger partial charge in [-0.3, -0.25) is 14.7 Å². The fourth-order valence-electron chi connectivity index (χ4n) is 4.22. The number of nitrogens with one attached hydrogen (secondary N) is 1. The number of unbranched alkanes of at least 4 members (excludes halogenated alkanes) is 13. The first kappa shape index (κ1) is 26.1. The van der Waals surface area contributed by atoms with Gasteiger partial charge in [-0.2, -0.15) is 0 Å². The van der Waals surface area contributed by atoms with Crippen LogP contribution >= 0.6 is 0 Å². The van der Waals surface area contributed by atoms with Gasteiger partial charge < -0.3 is 5.32 Å². The van der Waals surface area contributed by atoms with Crippen molar-refractivity contribution in [1.82, 2.24) is 10.2 Å². The average Bonchev–Trinajstić information content (AvgIpc) is 3.18. The Labute approximate surface area is 181 Å². The highest BCUT2D eigenvalue weighted by Crippen LogP contribution is 2.18. The van der Waals surface area contributed by atoms with Crippen LogP contribution in [0.3, 0.4) is 0 Å². The van der Waals surface area contributed by atoms with Crippen LogP contribution in [0.4, 0.5) is 0 Å². The molecule has 4 nitrogen and oxygen atoms in total. The molecule has 0 radical (unpaired) electrons. The summed E-state index contributed by atoms with van der Waals surface area (Å²) in [6, 6.07) is 0. The molecule has 1 heterocycles. The molecule has 0 saturated carbocycles. The van der Waals surface area contributed by atoms with E-state index in [1.54, 1.807) is 0 Å². The Balaban J connectivity index is 2.07. The zero-order valence-corrected chi connectivity index (χ0v) is 19.8. The summed E-state index contributed by atoms with van der Waals surface area (Å²) < 4.78 is 0. The maximum absolute atomic E-state index is 12.3. The summed E-state index contributed by atoms with van der Waals surface area (Å²) in [5, 5.41) is 3.20. The van der Waals surface area contributed by atoms with Crippen LogP contribution in [0.15, 0.2) is 4.99 Å². The second-order valence-corrected chi connectivity index (χ2v) is 8.89. The lowest BCUT2D eigenvalue weighted by molar-refractivity contribution is -0.123. The van der Waals surface area contributed by atoms with Gasteiger partial charge in [-0.05, 0) is 26.2 Å². The minimum Gasteiger partial charge on any atom is -0.341 e. The lowest BCUT2D eigenvalue weighted by Gasteiger charge is -2.30. The highest BCUT2D eigenvalue weighted by atomic mass is 16.1. The molecule has 0 saturated heterocycles. The summed E-state index contributed by atoms with van der Waals surface area (Å²) in [6.45, 7) is 7.49. The smallest absolute Gasteiger partial charge is 0.221 e. The molecule has 0 spiro atoms. The second-order valence-electron chi connectivity index (χ2n) is 8.89. The van der Waals surface area contributed by atoms with Crippen molar-refractivity contribution in [2.75, 3.05) is 6.54 Å². The molecule has 0 aromatic carbocycles. The zero-order valence-electron chi connectivity index (χ0n) is 19.8. The molecule has 2 atom stereocenters. The van der Waals surface area contributed by atoms with Crippen molar-refractivity contribution >= 4 is 12.1 Å². The zero-order chi connectivity index (χ0) is 21.2. The number of rotatable bonds is 19.